The Kier molecular flexibility index (Phi) is 5.80. The molecule has 3 rings (SSSR count). The minimum absolute atomic E-state index is 0.0112. The number of amides is 1. The molecule has 0 bridgehead atoms. The number of carbonyl (C=O) groups excluding carboxylic acids is 1. The lowest BCUT2D eigenvalue weighted by molar-refractivity contribution is -0.139. The van der Waals surface area contributed by atoms with Crippen LogP contribution in [-0.2, 0) is 17.4 Å². The summed E-state index contributed by atoms with van der Waals surface area (Å²) in [4.78, 5) is 14.3. The van der Waals surface area contributed by atoms with E-state index < -0.39 is 11.7 Å². The number of piperidine rings is 1. The molecule has 0 saturated carbocycles. The average molecular weight is 396 g/mol. The molecule has 1 fully saturated rings. The lowest BCUT2D eigenvalue weighted by atomic mass is 9.86. The summed E-state index contributed by atoms with van der Waals surface area (Å²) >= 11 is 6.01. The first-order chi connectivity index (χ1) is 12.8. The predicted octanol–water partition coefficient (Wildman–Crippen LogP) is 5.62. The fourth-order valence-corrected chi connectivity index (χ4v) is 3.85. The smallest absolute Gasteiger partial charge is 0.342 e. The van der Waals surface area contributed by atoms with Gasteiger partial charge in [-0.1, -0.05) is 35.9 Å². The van der Waals surface area contributed by atoms with Gasteiger partial charge in [0.1, 0.15) is 0 Å². The number of hydrogen-bond donors (Lipinski definition) is 0. The summed E-state index contributed by atoms with van der Waals surface area (Å²) in [5.74, 6) is -0.192. The predicted molar refractivity (Wildman–Crippen MR) is 99.9 cm³/mol. The maximum Gasteiger partial charge on any atom is 0.416 e. The lowest BCUT2D eigenvalue weighted by Gasteiger charge is -2.33. The molecule has 2 nitrogen and oxygen atoms in total. The number of alkyl halides is 3. The molecule has 0 aliphatic carbocycles. The van der Waals surface area contributed by atoms with Gasteiger partial charge in [-0.2, -0.15) is 13.2 Å². The summed E-state index contributed by atoms with van der Waals surface area (Å²) < 4.78 is 39.7. The van der Waals surface area contributed by atoms with Gasteiger partial charge in [0.05, 0.1) is 12.0 Å². The fourth-order valence-electron chi connectivity index (χ4n) is 3.66. The van der Waals surface area contributed by atoms with Crippen LogP contribution in [0.25, 0.3) is 0 Å². The van der Waals surface area contributed by atoms with Crippen molar-refractivity contribution in [2.75, 3.05) is 13.1 Å². The van der Waals surface area contributed by atoms with Gasteiger partial charge in [0, 0.05) is 18.1 Å². The Bertz CT molecular complexity index is 826. The van der Waals surface area contributed by atoms with Crippen molar-refractivity contribution in [2.24, 2.45) is 0 Å². The van der Waals surface area contributed by atoms with E-state index in [0.717, 1.165) is 17.2 Å². The van der Waals surface area contributed by atoms with Crippen LogP contribution in [0.15, 0.2) is 42.5 Å². The minimum Gasteiger partial charge on any atom is -0.342 e. The largest absolute Gasteiger partial charge is 0.416 e. The Morgan fingerprint density at radius 1 is 1.15 bits per heavy atom. The number of aryl methyl sites for hydroxylation is 1. The number of rotatable bonds is 3. The van der Waals surface area contributed by atoms with Crippen molar-refractivity contribution in [2.45, 2.75) is 38.3 Å². The van der Waals surface area contributed by atoms with Gasteiger partial charge in [-0.25, -0.2) is 0 Å². The second-order valence-electron chi connectivity index (χ2n) is 6.99. The molecule has 1 heterocycles. The van der Waals surface area contributed by atoms with E-state index in [1.807, 2.05) is 13.0 Å². The first-order valence-corrected chi connectivity index (χ1v) is 9.32. The maximum atomic E-state index is 13.2. The van der Waals surface area contributed by atoms with Gasteiger partial charge in [-0.15, -0.1) is 0 Å². The number of nitrogens with zero attached hydrogens (tertiary/aromatic N) is 1. The third kappa shape index (κ3) is 4.64. The zero-order valence-electron chi connectivity index (χ0n) is 15.0. The van der Waals surface area contributed by atoms with E-state index in [2.05, 4.69) is 0 Å². The van der Waals surface area contributed by atoms with E-state index in [1.54, 1.807) is 29.2 Å². The second-order valence-corrected chi connectivity index (χ2v) is 7.42. The van der Waals surface area contributed by atoms with Crippen LogP contribution in [0.4, 0.5) is 13.2 Å². The molecule has 2 aromatic rings. The quantitative estimate of drug-likeness (QED) is 0.660. The van der Waals surface area contributed by atoms with Crippen molar-refractivity contribution in [1.82, 2.24) is 4.90 Å². The normalized spacial score (nSPS) is 15.8. The van der Waals surface area contributed by atoms with Crippen LogP contribution in [0.1, 0.15) is 41.0 Å². The van der Waals surface area contributed by atoms with E-state index in [4.69, 9.17) is 11.6 Å². The molecular weight excluding hydrogens is 375 g/mol. The highest BCUT2D eigenvalue weighted by Gasteiger charge is 2.36. The highest BCUT2D eigenvalue weighted by molar-refractivity contribution is 6.30. The molecule has 2 aromatic carbocycles. The molecule has 144 valence electrons. The lowest BCUT2D eigenvalue weighted by Crippen LogP contribution is -2.39. The third-order valence-electron chi connectivity index (χ3n) is 5.21. The zero-order valence-corrected chi connectivity index (χ0v) is 15.8. The van der Waals surface area contributed by atoms with E-state index in [0.29, 0.717) is 36.5 Å². The second kappa shape index (κ2) is 7.93. The summed E-state index contributed by atoms with van der Waals surface area (Å²) in [5, 5.41) is 0.589. The molecule has 1 saturated heterocycles. The highest BCUT2D eigenvalue weighted by atomic mass is 35.5. The zero-order chi connectivity index (χ0) is 19.6. The van der Waals surface area contributed by atoms with Crippen molar-refractivity contribution in [3.63, 3.8) is 0 Å². The van der Waals surface area contributed by atoms with Crippen LogP contribution in [-0.4, -0.2) is 23.9 Å². The highest BCUT2D eigenvalue weighted by Crippen LogP contribution is 2.38. The molecule has 0 radical (unpaired) electrons. The molecule has 1 amide bonds. The first kappa shape index (κ1) is 19.7. The Morgan fingerprint density at radius 2 is 1.81 bits per heavy atom. The van der Waals surface area contributed by atoms with Crippen molar-refractivity contribution in [1.29, 1.82) is 0 Å². The molecule has 1 aliphatic heterocycles. The Hall–Kier alpha value is -2.01. The van der Waals surface area contributed by atoms with Gasteiger partial charge in [-0.05, 0) is 60.6 Å². The third-order valence-corrected chi connectivity index (χ3v) is 5.44. The van der Waals surface area contributed by atoms with Gasteiger partial charge in [0.15, 0.2) is 0 Å². The Balaban J connectivity index is 1.66. The fraction of sp³-hybridized carbons (Fsp3) is 0.381. The molecule has 27 heavy (non-hydrogen) atoms. The van der Waals surface area contributed by atoms with Crippen LogP contribution >= 0.6 is 11.6 Å². The van der Waals surface area contributed by atoms with Gasteiger partial charge in [0.25, 0.3) is 0 Å². The van der Waals surface area contributed by atoms with E-state index in [-0.39, 0.29) is 18.2 Å². The minimum atomic E-state index is -4.35. The van der Waals surface area contributed by atoms with Gasteiger partial charge < -0.3 is 4.90 Å². The molecular formula is C21H21ClF3NO. The monoisotopic (exact) mass is 395 g/mol. The van der Waals surface area contributed by atoms with Crippen LogP contribution in [0.2, 0.25) is 5.02 Å². The van der Waals surface area contributed by atoms with Crippen molar-refractivity contribution in [3.8, 4) is 0 Å². The molecule has 6 heteroatoms. The molecule has 0 N–H and O–H groups in total. The number of hydrogen-bond acceptors (Lipinski definition) is 1. The van der Waals surface area contributed by atoms with Crippen LogP contribution in [0.3, 0.4) is 0 Å². The number of halogens is 4. The summed E-state index contributed by atoms with van der Waals surface area (Å²) in [6.07, 6.45) is -3.02. The first-order valence-electron chi connectivity index (χ1n) is 8.94. The van der Waals surface area contributed by atoms with E-state index in [1.165, 1.54) is 6.07 Å². The van der Waals surface area contributed by atoms with Gasteiger partial charge in [0.2, 0.25) is 5.91 Å². The average Bonchev–Trinajstić information content (AvgIpc) is 2.64. The number of carbonyl (C=O) groups is 1. The molecule has 0 unspecified atom stereocenters. The Labute approximate surface area is 161 Å². The molecule has 0 atom stereocenters. The van der Waals surface area contributed by atoms with Crippen molar-refractivity contribution >= 4 is 17.5 Å². The molecule has 1 aliphatic rings. The van der Waals surface area contributed by atoms with Crippen molar-refractivity contribution < 1.29 is 18.0 Å². The van der Waals surface area contributed by atoms with Gasteiger partial charge in [-0.3, -0.25) is 4.79 Å². The SMILES string of the molecule is Cc1ccc(Cl)cc1CC(=O)N1CCC(c2ccccc2C(F)(F)F)CC1. The molecule has 0 spiro atoms. The van der Waals surface area contributed by atoms with Crippen LogP contribution < -0.4 is 0 Å². The molecule has 0 aromatic heterocycles. The number of likely N-dealkylation sites (tertiary alicyclic amines) is 1. The summed E-state index contributed by atoms with van der Waals surface area (Å²) in [7, 11) is 0. The van der Waals surface area contributed by atoms with E-state index >= 15 is 0 Å². The van der Waals surface area contributed by atoms with Crippen molar-refractivity contribution in [3.05, 3.63) is 69.7 Å². The van der Waals surface area contributed by atoms with E-state index in [9.17, 15) is 18.0 Å². The summed E-state index contributed by atoms with van der Waals surface area (Å²) in [6, 6.07) is 11.2. The number of benzene rings is 2. The summed E-state index contributed by atoms with van der Waals surface area (Å²) in [6.45, 7) is 2.86. The Morgan fingerprint density at radius 3 is 2.48 bits per heavy atom. The van der Waals surface area contributed by atoms with Gasteiger partial charge >= 0.3 is 6.18 Å². The maximum absolute atomic E-state index is 13.2. The van der Waals surface area contributed by atoms with Crippen LogP contribution in [0.5, 0.6) is 0 Å². The topological polar surface area (TPSA) is 20.3 Å². The summed E-state index contributed by atoms with van der Waals surface area (Å²) in [5.41, 5.74) is 1.66. The van der Waals surface area contributed by atoms with Crippen LogP contribution in [0, 0.1) is 6.92 Å². The standard InChI is InChI=1S/C21H21ClF3NO/c1-14-6-7-17(22)12-16(14)13-20(27)26-10-8-15(9-11-26)18-4-2-3-5-19(18)21(23,24)25/h2-7,12,15H,8-11,13H2,1H3.